The minimum Gasteiger partial charge on any atom is -0.485 e. The number of rotatable bonds is 5. The maximum Gasteiger partial charge on any atom is 0.340 e. The van der Waals surface area contributed by atoms with E-state index in [1.165, 1.54) is 18.2 Å². The van der Waals surface area contributed by atoms with Gasteiger partial charge in [0, 0.05) is 0 Å². The van der Waals surface area contributed by atoms with Gasteiger partial charge in [-0.05, 0) is 24.3 Å². The standard InChI is InChI=1S/C16H12O7/c17-15(18)9-4-3-7-12(14(9)16(19)20)21-8-13-22-10-5-1-2-6-11(10)23-13/h1-7,13H,8H2,(H,17,18)(H,19,20). The van der Waals surface area contributed by atoms with E-state index in [2.05, 4.69) is 0 Å². The molecule has 0 aliphatic carbocycles. The monoisotopic (exact) mass is 316 g/mol. The normalized spacial score (nSPS) is 12.9. The largest absolute Gasteiger partial charge is 0.485 e. The molecule has 2 N–H and O–H groups in total. The predicted octanol–water partition coefficient (Wildman–Crippen LogP) is 2.26. The van der Waals surface area contributed by atoms with Crippen LogP contribution < -0.4 is 14.2 Å². The van der Waals surface area contributed by atoms with Gasteiger partial charge in [-0.1, -0.05) is 18.2 Å². The van der Waals surface area contributed by atoms with Crippen molar-refractivity contribution in [1.82, 2.24) is 0 Å². The van der Waals surface area contributed by atoms with E-state index < -0.39 is 23.8 Å². The van der Waals surface area contributed by atoms with Gasteiger partial charge in [0.1, 0.15) is 11.3 Å². The lowest BCUT2D eigenvalue weighted by Crippen LogP contribution is -2.27. The molecule has 0 unspecified atom stereocenters. The lowest BCUT2D eigenvalue weighted by Gasteiger charge is -2.14. The van der Waals surface area contributed by atoms with E-state index in [0.29, 0.717) is 11.5 Å². The summed E-state index contributed by atoms with van der Waals surface area (Å²) in [5.41, 5.74) is -0.748. The van der Waals surface area contributed by atoms with E-state index in [4.69, 9.17) is 19.3 Å². The average Bonchev–Trinajstić information content (AvgIpc) is 2.95. The van der Waals surface area contributed by atoms with Crippen molar-refractivity contribution in [2.24, 2.45) is 0 Å². The van der Waals surface area contributed by atoms with E-state index in [9.17, 15) is 14.7 Å². The molecule has 7 nitrogen and oxygen atoms in total. The van der Waals surface area contributed by atoms with Crippen molar-refractivity contribution in [3.05, 3.63) is 53.6 Å². The van der Waals surface area contributed by atoms with E-state index >= 15 is 0 Å². The maximum absolute atomic E-state index is 11.3. The van der Waals surface area contributed by atoms with Gasteiger partial charge in [-0.15, -0.1) is 0 Å². The van der Waals surface area contributed by atoms with Gasteiger partial charge >= 0.3 is 11.9 Å². The second kappa shape index (κ2) is 5.88. The Balaban J connectivity index is 1.76. The molecule has 0 saturated carbocycles. The minimum absolute atomic E-state index is 0.0550. The quantitative estimate of drug-likeness (QED) is 0.872. The van der Waals surface area contributed by atoms with Crippen LogP contribution in [0.25, 0.3) is 0 Å². The molecular weight excluding hydrogens is 304 g/mol. The number of carboxylic acids is 2. The predicted molar refractivity (Wildman–Crippen MR) is 77.3 cm³/mol. The van der Waals surface area contributed by atoms with Crippen molar-refractivity contribution in [1.29, 1.82) is 0 Å². The Bertz CT molecular complexity index is 744. The first kappa shape index (κ1) is 14.7. The van der Waals surface area contributed by atoms with Crippen LogP contribution >= 0.6 is 0 Å². The fraction of sp³-hybridized carbons (Fsp3) is 0.125. The Hall–Kier alpha value is -3.22. The molecular formula is C16H12O7. The average molecular weight is 316 g/mol. The molecule has 0 aromatic heterocycles. The second-order valence-electron chi connectivity index (χ2n) is 4.71. The van der Waals surface area contributed by atoms with Crippen molar-refractivity contribution >= 4 is 11.9 Å². The summed E-state index contributed by atoms with van der Waals surface area (Å²) in [7, 11) is 0. The molecule has 0 radical (unpaired) electrons. The smallest absolute Gasteiger partial charge is 0.340 e. The van der Waals surface area contributed by atoms with Crippen molar-refractivity contribution in [3.63, 3.8) is 0 Å². The molecule has 0 fully saturated rings. The van der Waals surface area contributed by atoms with Gasteiger partial charge in [0.25, 0.3) is 6.29 Å². The molecule has 23 heavy (non-hydrogen) atoms. The Morgan fingerprint density at radius 3 is 2.17 bits per heavy atom. The summed E-state index contributed by atoms with van der Waals surface area (Å²) in [5.74, 6) is -1.64. The number of para-hydroxylation sites is 2. The van der Waals surface area contributed by atoms with Gasteiger partial charge in [0.15, 0.2) is 18.1 Å². The number of benzene rings is 2. The van der Waals surface area contributed by atoms with Gasteiger partial charge in [-0.3, -0.25) is 0 Å². The number of aromatic carboxylic acids is 2. The third-order valence-electron chi connectivity index (χ3n) is 3.21. The molecule has 7 heteroatoms. The number of ether oxygens (including phenoxy) is 3. The van der Waals surface area contributed by atoms with E-state index in [-0.39, 0.29) is 17.9 Å². The molecule has 0 amide bonds. The highest BCUT2D eigenvalue weighted by atomic mass is 16.7. The zero-order chi connectivity index (χ0) is 16.4. The Morgan fingerprint density at radius 1 is 0.957 bits per heavy atom. The summed E-state index contributed by atoms with van der Waals surface area (Å²) in [6.07, 6.45) is -0.734. The zero-order valence-electron chi connectivity index (χ0n) is 11.8. The summed E-state index contributed by atoms with van der Waals surface area (Å²) in [6, 6.07) is 11.1. The highest BCUT2D eigenvalue weighted by molar-refractivity contribution is 6.03. The summed E-state index contributed by atoms with van der Waals surface area (Å²) in [5, 5.41) is 18.3. The zero-order valence-corrected chi connectivity index (χ0v) is 11.8. The SMILES string of the molecule is O=C(O)c1cccc(OCC2Oc3ccccc3O2)c1C(=O)O. The summed E-state index contributed by atoms with van der Waals surface area (Å²) >= 11 is 0. The highest BCUT2D eigenvalue weighted by Gasteiger charge is 2.26. The first-order valence-electron chi connectivity index (χ1n) is 6.71. The van der Waals surface area contributed by atoms with Crippen LogP contribution in [0.5, 0.6) is 17.2 Å². The molecule has 1 aliphatic heterocycles. The van der Waals surface area contributed by atoms with Crippen LogP contribution in [0.4, 0.5) is 0 Å². The van der Waals surface area contributed by atoms with Crippen LogP contribution in [0.2, 0.25) is 0 Å². The van der Waals surface area contributed by atoms with Gasteiger partial charge in [0.05, 0.1) is 5.56 Å². The molecule has 0 atom stereocenters. The summed E-state index contributed by atoms with van der Waals surface area (Å²) in [4.78, 5) is 22.4. The number of carbonyl (C=O) groups is 2. The lowest BCUT2D eigenvalue weighted by molar-refractivity contribution is 0.00730. The molecule has 118 valence electrons. The number of hydrogen-bond acceptors (Lipinski definition) is 5. The van der Waals surface area contributed by atoms with Crippen LogP contribution in [-0.4, -0.2) is 35.0 Å². The van der Waals surface area contributed by atoms with Crippen LogP contribution in [0.1, 0.15) is 20.7 Å². The van der Waals surface area contributed by atoms with Gasteiger partial charge < -0.3 is 24.4 Å². The maximum atomic E-state index is 11.3. The fourth-order valence-corrected chi connectivity index (χ4v) is 2.23. The first-order valence-corrected chi connectivity index (χ1v) is 6.71. The molecule has 2 aromatic rings. The molecule has 3 rings (SSSR count). The van der Waals surface area contributed by atoms with Crippen LogP contribution in [0.15, 0.2) is 42.5 Å². The number of hydrogen-bond donors (Lipinski definition) is 2. The van der Waals surface area contributed by atoms with E-state index in [0.717, 1.165) is 0 Å². The molecule has 2 aromatic carbocycles. The van der Waals surface area contributed by atoms with Crippen molar-refractivity contribution in [2.45, 2.75) is 6.29 Å². The second-order valence-corrected chi connectivity index (χ2v) is 4.71. The first-order chi connectivity index (χ1) is 11.1. The number of fused-ring (bicyclic) bond motifs is 1. The van der Waals surface area contributed by atoms with E-state index in [1.807, 2.05) is 0 Å². The van der Waals surface area contributed by atoms with Gasteiger partial charge in [-0.25, -0.2) is 9.59 Å². The molecule has 0 bridgehead atoms. The third kappa shape index (κ3) is 2.89. The topological polar surface area (TPSA) is 102 Å². The number of carboxylic acid groups (broad SMARTS) is 2. The highest BCUT2D eigenvalue weighted by Crippen LogP contribution is 2.34. The van der Waals surface area contributed by atoms with Crippen LogP contribution in [0.3, 0.4) is 0 Å². The lowest BCUT2D eigenvalue weighted by atomic mass is 10.1. The molecule has 0 saturated heterocycles. The summed E-state index contributed by atoms with van der Waals surface area (Å²) in [6.45, 7) is -0.0853. The van der Waals surface area contributed by atoms with Crippen LogP contribution in [0, 0.1) is 0 Å². The summed E-state index contributed by atoms with van der Waals surface area (Å²) < 4.78 is 16.4. The third-order valence-corrected chi connectivity index (χ3v) is 3.21. The van der Waals surface area contributed by atoms with Crippen molar-refractivity contribution in [2.75, 3.05) is 6.61 Å². The van der Waals surface area contributed by atoms with Gasteiger partial charge in [-0.2, -0.15) is 0 Å². The molecule has 1 heterocycles. The molecule has 1 aliphatic rings. The van der Waals surface area contributed by atoms with Crippen molar-refractivity contribution < 1.29 is 34.0 Å². The Morgan fingerprint density at radius 2 is 1.61 bits per heavy atom. The van der Waals surface area contributed by atoms with E-state index in [1.54, 1.807) is 24.3 Å². The Labute approximate surface area is 130 Å². The Kier molecular flexibility index (Phi) is 3.76. The minimum atomic E-state index is -1.38. The van der Waals surface area contributed by atoms with Gasteiger partial charge in [0.2, 0.25) is 0 Å². The van der Waals surface area contributed by atoms with Crippen molar-refractivity contribution in [3.8, 4) is 17.2 Å². The molecule has 0 spiro atoms. The van der Waals surface area contributed by atoms with Crippen LogP contribution in [-0.2, 0) is 0 Å². The fourth-order valence-electron chi connectivity index (χ4n) is 2.23.